The highest BCUT2D eigenvalue weighted by atomic mass is 35.5. The van der Waals surface area contributed by atoms with E-state index in [1.807, 2.05) is 7.05 Å². The summed E-state index contributed by atoms with van der Waals surface area (Å²) in [6, 6.07) is 8.47. The number of nitrogens with one attached hydrogen (secondary N) is 1. The van der Waals surface area contributed by atoms with Crippen molar-refractivity contribution in [1.29, 1.82) is 0 Å². The minimum Gasteiger partial charge on any atom is -0.314 e. The van der Waals surface area contributed by atoms with Crippen molar-refractivity contribution < 1.29 is 0 Å². The molecule has 0 aliphatic rings. The summed E-state index contributed by atoms with van der Waals surface area (Å²) in [7, 11) is 1.94. The number of aryl methyl sites for hydroxylation is 1. The van der Waals surface area contributed by atoms with Crippen LogP contribution in [-0.2, 0) is 6.54 Å². The van der Waals surface area contributed by atoms with Gasteiger partial charge in [-0.3, -0.25) is 0 Å². The van der Waals surface area contributed by atoms with Gasteiger partial charge in [-0.25, -0.2) is 4.98 Å². The SMILES string of the molecule is CNCc1nc(-c2ccc(C)cc2)cs1.Cl. The molecule has 0 saturated heterocycles. The predicted molar refractivity (Wildman–Crippen MR) is 72.3 cm³/mol. The minimum atomic E-state index is 0. The van der Waals surface area contributed by atoms with Crippen molar-refractivity contribution in [2.24, 2.45) is 0 Å². The molecule has 0 spiro atoms. The molecular weight excluding hydrogens is 240 g/mol. The van der Waals surface area contributed by atoms with Gasteiger partial charge < -0.3 is 5.32 Å². The van der Waals surface area contributed by atoms with Gasteiger partial charge in [0.15, 0.2) is 0 Å². The molecule has 1 heterocycles. The van der Waals surface area contributed by atoms with E-state index >= 15 is 0 Å². The lowest BCUT2D eigenvalue weighted by Gasteiger charge is -1.97. The van der Waals surface area contributed by atoms with Crippen LogP contribution < -0.4 is 5.32 Å². The summed E-state index contributed by atoms with van der Waals surface area (Å²) in [5, 5.41) is 6.35. The molecule has 1 aromatic carbocycles. The molecule has 0 saturated carbocycles. The Labute approximate surface area is 106 Å². The lowest BCUT2D eigenvalue weighted by molar-refractivity contribution is 0.811. The molecule has 2 rings (SSSR count). The molecule has 2 nitrogen and oxygen atoms in total. The van der Waals surface area contributed by atoms with E-state index < -0.39 is 0 Å². The van der Waals surface area contributed by atoms with Gasteiger partial charge in [0.05, 0.1) is 5.69 Å². The van der Waals surface area contributed by atoms with Crippen molar-refractivity contribution in [3.63, 3.8) is 0 Å². The summed E-state index contributed by atoms with van der Waals surface area (Å²) in [4.78, 5) is 4.56. The van der Waals surface area contributed by atoms with E-state index in [1.165, 1.54) is 11.1 Å². The quantitative estimate of drug-likeness (QED) is 0.910. The van der Waals surface area contributed by atoms with Crippen LogP contribution in [0.4, 0.5) is 0 Å². The van der Waals surface area contributed by atoms with Gasteiger partial charge in [-0.2, -0.15) is 0 Å². The van der Waals surface area contributed by atoms with Crippen molar-refractivity contribution in [3.05, 3.63) is 40.2 Å². The van der Waals surface area contributed by atoms with E-state index in [2.05, 4.69) is 46.9 Å². The van der Waals surface area contributed by atoms with Crippen molar-refractivity contribution in [2.75, 3.05) is 7.05 Å². The summed E-state index contributed by atoms with van der Waals surface area (Å²) in [6.45, 7) is 2.94. The molecule has 1 N–H and O–H groups in total. The molecule has 86 valence electrons. The van der Waals surface area contributed by atoms with Crippen LogP contribution in [0.3, 0.4) is 0 Å². The highest BCUT2D eigenvalue weighted by Crippen LogP contribution is 2.21. The largest absolute Gasteiger partial charge is 0.314 e. The van der Waals surface area contributed by atoms with Gasteiger partial charge in [0, 0.05) is 17.5 Å². The molecule has 16 heavy (non-hydrogen) atoms. The van der Waals surface area contributed by atoms with Gasteiger partial charge in [0.2, 0.25) is 0 Å². The summed E-state index contributed by atoms with van der Waals surface area (Å²) >= 11 is 1.70. The Morgan fingerprint density at radius 3 is 2.56 bits per heavy atom. The maximum atomic E-state index is 4.56. The third-order valence-electron chi connectivity index (χ3n) is 2.23. The second-order valence-corrected chi connectivity index (χ2v) is 4.47. The van der Waals surface area contributed by atoms with Crippen molar-refractivity contribution in [2.45, 2.75) is 13.5 Å². The molecule has 0 bridgehead atoms. The molecule has 0 aliphatic heterocycles. The summed E-state index contributed by atoms with van der Waals surface area (Å²) in [6.07, 6.45) is 0. The first-order valence-corrected chi connectivity index (χ1v) is 5.83. The maximum absolute atomic E-state index is 4.56. The molecule has 4 heteroatoms. The second kappa shape index (κ2) is 5.99. The number of hydrogen-bond donors (Lipinski definition) is 1. The summed E-state index contributed by atoms with van der Waals surface area (Å²) in [5.41, 5.74) is 3.55. The van der Waals surface area contributed by atoms with E-state index in [0.29, 0.717) is 0 Å². The van der Waals surface area contributed by atoms with Crippen LogP contribution in [0.15, 0.2) is 29.6 Å². The zero-order valence-electron chi connectivity index (χ0n) is 9.36. The van der Waals surface area contributed by atoms with Gasteiger partial charge in [0.25, 0.3) is 0 Å². The maximum Gasteiger partial charge on any atom is 0.107 e. The van der Waals surface area contributed by atoms with Crippen molar-refractivity contribution in [1.82, 2.24) is 10.3 Å². The van der Waals surface area contributed by atoms with E-state index in [4.69, 9.17) is 0 Å². The molecule has 0 unspecified atom stereocenters. The van der Waals surface area contributed by atoms with Gasteiger partial charge in [-0.15, -0.1) is 23.7 Å². The van der Waals surface area contributed by atoms with Crippen LogP contribution in [0.5, 0.6) is 0 Å². The van der Waals surface area contributed by atoms with E-state index in [1.54, 1.807) is 11.3 Å². The highest BCUT2D eigenvalue weighted by Gasteiger charge is 2.02. The average Bonchev–Trinajstić information content (AvgIpc) is 2.68. The standard InChI is InChI=1S/C12H14N2S.ClH/c1-9-3-5-10(6-4-9)11-8-15-12(14-11)7-13-2;/h3-6,8,13H,7H2,1-2H3;1H. The first-order valence-electron chi connectivity index (χ1n) is 4.95. The number of benzene rings is 1. The first-order chi connectivity index (χ1) is 7.29. The van der Waals surface area contributed by atoms with E-state index in [-0.39, 0.29) is 12.4 Å². The van der Waals surface area contributed by atoms with Crippen LogP contribution in [0, 0.1) is 6.92 Å². The van der Waals surface area contributed by atoms with Crippen molar-refractivity contribution in [3.8, 4) is 11.3 Å². The van der Waals surface area contributed by atoms with Crippen LogP contribution in [0.2, 0.25) is 0 Å². The van der Waals surface area contributed by atoms with Crippen molar-refractivity contribution >= 4 is 23.7 Å². The zero-order chi connectivity index (χ0) is 10.7. The van der Waals surface area contributed by atoms with Crippen LogP contribution in [0.25, 0.3) is 11.3 Å². The van der Waals surface area contributed by atoms with Crippen LogP contribution in [-0.4, -0.2) is 12.0 Å². The number of rotatable bonds is 3. The molecule has 0 atom stereocenters. The molecule has 2 aromatic rings. The highest BCUT2D eigenvalue weighted by molar-refractivity contribution is 7.09. The fourth-order valence-electron chi connectivity index (χ4n) is 1.40. The summed E-state index contributed by atoms with van der Waals surface area (Å²) < 4.78 is 0. The minimum absolute atomic E-state index is 0. The smallest absolute Gasteiger partial charge is 0.107 e. The Morgan fingerprint density at radius 2 is 1.94 bits per heavy atom. The number of halogens is 1. The summed E-state index contributed by atoms with van der Waals surface area (Å²) in [5.74, 6) is 0. The van der Waals surface area contributed by atoms with Crippen LogP contribution >= 0.6 is 23.7 Å². The Hall–Kier alpha value is -0.900. The number of nitrogens with zero attached hydrogens (tertiary/aromatic N) is 1. The molecule has 0 amide bonds. The van der Waals surface area contributed by atoms with Gasteiger partial charge in [0.1, 0.15) is 5.01 Å². The average molecular weight is 255 g/mol. The van der Waals surface area contributed by atoms with Crippen LogP contribution in [0.1, 0.15) is 10.6 Å². The normalized spacial score (nSPS) is 9.88. The van der Waals surface area contributed by atoms with Gasteiger partial charge in [-0.1, -0.05) is 29.8 Å². The third-order valence-corrected chi connectivity index (χ3v) is 3.08. The Balaban J connectivity index is 0.00000128. The second-order valence-electron chi connectivity index (χ2n) is 3.52. The Bertz CT molecular complexity index is 437. The van der Waals surface area contributed by atoms with Gasteiger partial charge in [-0.05, 0) is 14.0 Å². The molecular formula is C12H15ClN2S. The molecule has 0 fully saturated rings. The number of hydrogen-bond acceptors (Lipinski definition) is 3. The molecule has 0 aliphatic carbocycles. The fraction of sp³-hybridized carbons (Fsp3) is 0.250. The Kier molecular flexibility index (Phi) is 4.93. The van der Waals surface area contributed by atoms with E-state index in [0.717, 1.165) is 17.2 Å². The molecule has 0 radical (unpaired) electrons. The lowest BCUT2D eigenvalue weighted by Crippen LogP contribution is -2.04. The number of aromatic nitrogens is 1. The fourth-order valence-corrected chi connectivity index (χ4v) is 2.22. The molecule has 1 aromatic heterocycles. The zero-order valence-corrected chi connectivity index (χ0v) is 11.0. The van der Waals surface area contributed by atoms with E-state index in [9.17, 15) is 0 Å². The number of thiazole rings is 1. The topological polar surface area (TPSA) is 24.9 Å². The Morgan fingerprint density at radius 1 is 1.25 bits per heavy atom. The predicted octanol–water partition coefficient (Wildman–Crippen LogP) is 3.26. The lowest BCUT2D eigenvalue weighted by atomic mass is 10.1. The third kappa shape index (κ3) is 3.04. The first kappa shape index (κ1) is 13.2. The van der Waals surface area contributed by atoms with Gasteiger partial charge >= 0.3 is 0 Å². The monoisotopic (exact) mass is 254 g/mol.